The number of halogens is 2. The maximum atomic E-state index is 8.61. The van der Waals surface area contributed by atoms with Crippen molar-refractivity contribution in [2.75, 3.05) is 0 Å². The van der Waals surface area contributed by atoms with E-state index in [0.29, 0.717) is 22.1 Å². The van der Waals surface area contributed by atoms with Gasteiger partial charge >= 0.3 is 0 Å². The summed E-state index contributed by atoms with van der Waals surface area (Å²) >= 11 is 9.36. The number of rotatable bonds is 1. The largest absolute Gasteiger partial charge is 0.325 e. The molecule has 1 rings (SSSR count). The van der Waals surface area contributed by atoms with Crippen LogP contribution in [0.3, 0.4) is 0 Å². The Kier molecular flexibility index (Phi) is 2.97. The molecule has 1 N–H and O–H groups in total. The van der Waals surface area contributed by atoms with Gasteiger partial charge in [-0.2, -0.15) is 0 Å². The zero-order valence-corrected chi connectivity index (χ0v) is 7.87. The highest BCUT2D eigenvalue weighted by Gasteiger charge is 2.00. The maximum Gasteiger partial charge on any atom is 0.144 e. The molecule has 0 aromatic carbocycles. The molecule has 0 amide bonds. The number of hydrogen-bond donors (Lipinski definition) is 1. The molecule has 0 aliphatic heterocycles. The van der Waals surface area contributed by atoms with Crippen LogP contribution in [0.15, 0.2) is 21.6 Å². The van der Waals surface area contributed by atoms with E-state index in [1.807, 2.05) is 0 Å². The molecule has 10 heavy (non-hydrogen) atoms. The average molecular weight is 241 g/mol. The quantitative estimate of drug-likeness (QED) is 0.605. The number of aromatic nitrogens is 1. The van der Waals surface area contributed by atoms with Gasteiger partial charge < -0.3 is 4.55 Å². The maximum absolute atomic E-state index is 8.61. The molecule has 0 bridgehead atoms. The normalized spacial score (nSPS) is 9.90. The Morgan fingerprint density at radius 1 is 1.70 bits per heavy atom. The van der Waals surface area contributed by atoms with Crippen molar-refractivity contribution < 1.29 is 4.55 Å². The van der Waals surface area contributed by atoms with Gasteiger partial charge in [-0.3, -0.25) is 0 Å². The molecule has 0 atom stereocenters. The third-order valence-electron chi connectivity index (χ3n) is 0.872. The standard InChI is InChI=1S/C5H3BrClNOS/c6-3-1-4(10-9)5(7)8-2-3/h1-2,9H. The summed E-state index contributed by atoms with van der Waals surface area (Å²) in [7, 11) is 0. The van der Waals surface area contributed by atoms with E-state index in [2.05, 4.69) is 20.9 Å². The Morgan fingerprint density at radius 3 is 2.90 bits per heavy atom. The van der Waals surface area contributed by atoms with Crippen molar-refractivity contribution in [1.29, 1.82) is 0 Å². The van der Waals surface area contributed by atoms with Crippen LogP contribution in [-0.2, 0) is 0 Å². The SMILES string of the molecule is OSc1cc(Br)cnc1Cl. The van der Waals surface area contributed by atoms with Gasteiger partial charge in [0.15, 0.2) is 0 Å². The lowest BCUT2D eigenvalue weighted by atomic mass is 10.5. The molecule has 1 aromatic heterocycles. The van der Waals surface area contributed by atoms with Gasteiger partial charge in [0.2, 0.25) is 0 Å². The summed E-state index contributed by atoms with van der Waals surface area (Å²) in [6, 6.07) is 1.69. The molecule has 0 unspecified atom stereocenters. The van der Waals surface area contributed by atoms with E-state index in [9.17, 15) is 0 Å². The van der Waals surface area contributed by atoms with Crippen LogP contribution >= 0.6 is 39.6 Å². The zero-order valence-electron chi connectivity index (χ0n) is 4.71. The number of hydrogen-bond acceptors (Lipinski definition) is 3. The van der Waals surface area contributed by atoms with Crippen molar-refractivity contribution in [3.63, 3.8) is 0 Å². The van der Waals surface area contributed by atoms with Gasteiger partial charge in [0, 0.05) is 22.7 Å². The van der Waals surface area contributed by atoms with Crippen LogP contribution < -0.4 is 0 Å². The van der Waals surface area contributed by atoms with Gasteiger partial charge in [0.25, 0.3) is 0 Å². The number of nitrogens with zero attached hydrogens (tertiary/aromatic N) is 1. The molecule has 0 aliphatic carbocycles. The van der Waals surface area contributed by atoms with E-state index in [4.69, 9.17) is 16.2 Å². The lowest BCUT2D eigenvalue weighted by molar-refractivity contribution is 0.663. The van der Waals surface area contributed by atoms with Crippen molar-refractivity contribution in [1.82, 2.24) is 4.98 Å². The van der Waals surface area contributed by atoms with Crippen LogP contribution in [-0.4, -0.2) is 9.54 Å². The third-order valence-corrected chi connectivity index (χ3v) is 2.23. The second-order valence-electron chi connectivity index (χ2n) is 1.53. The van der Waals surface area contributed by atoms with Crippen LogP contribution in [0.4, 0.5) is 0 Å². The van der Waals surface area contributed by atoms with E-state index < -0.39 is 0 Å². The lowest BCUT2D eigenvalue weighted by Crippen LogP contribution is -1.78. The second kappa shape index (κ2) is 3.57. The predicted octanol–water partition coefficient (Wildman–Crippen LogP) is 3.06. The molecule has 1 aromatic rings. The van der Waals surface area contributed by atoms with E-state index in [1.54, 1.807) is 12.3 Å². The Bertz CT molecular complexity index is 245. The van der Waals surface area contributed by atoms with Crippen molar-refractivity contribution >= 4 is 39.6 Å². The average Bonchev–Trinajstić information content (AvgIpc) is 1.94. The highest BCUT2D eigenvalue weighted by Crippen LogP contribution is 2.25. The van der Waals surface area contributed by atoms with Gasteiger partial charge in [-0.1, -0.05) is 11.6 Å². The molecule has 0 saturated carbocycles. The van der Waals surface area contributed by atoms with E-state index >= 15 is 0 Å². The van der Waals surface area contributed by atoms with Gasteiger partial charge in [-0.25, -0.2) is 4.98 Å². The summed E-state index contributed by atoms with van der Waals surface area (Å²) in [4.78, 5) is 4.34. The highest BCUT2D eigenvalue weighted by atomic mass is 79.9. The molecule has 0 saturated heterocycles. The molecule has 2 nitrogen and oxygen atoms in total. The third kappa shape index (κ3) is 1.85. The van der Waals surface area contributed by atoms with Gasteiger partial charge in [-0.05, 0) is 22.0 Å². The van der Waals surface area contributed by atoms with Crippen LogP contribution in [0.25, 0.3) is 0 Å². The molecule has 0 radical (unpaired) electrons. The Labute approximate surface area is 75.9 Å². The van der Waals surface area contributed by atoms with Crippen LogP contribution in [0.5, 0.6) is 0 Å². The summed E-state index contributed by atoms with van der Waals surface area (Å²) in [6.07, 6.45) is 1.57. The first-order valence-corrected chi connectivity index (χ1v) is 4.31. The van der Waals surface area contributed by atoms with Gasteiger partial charge in [-0.15, -0.1) is 0 Å². The first kappa shape index (κ1) is 8.33. The molecule has 0 fully saturated rings. The Morgan fingerprint density at radius 2 is 2.40 bits per heavy atom. The minimum atomic E-state index is 0.315. The molecular formula is C5H3BrClNOS. The molecule has 1 heterocycles. The predicted molar refractivity (Wildman–Crippen MR) is 45.4 cm³/mol. The number of pyridine rings is 1. The van der Waals surface area contributed by atoms with Crippen LogP contribution in [0.2, 0.25) is 5.15 Å². The van der Waals surface area contributed by atoms with Crippen molar-refractivity contribution in [3.8, 4) is 0 Å². The van der Waals surface area contributed by atoms with Gasteiger partial charge in [0.05, 0.1) is 4.90 Å². The molecule has 0 aliphatic rings. The molecule has 0 spiro atoms. The first-order valence-electron chi connectivity index (χ1n) is 2.36. The zero-order chi connectivity index (χ0) is 7.56. The fourth-order valence-corrected chi connectivity index (χ4v) is 1.47. The highest BCUT2D eigenvalue weighted by molar-refractivity contribution is 9.10. The minimum Gasteiger partial charge on any atom is -0.325 e. The van der Waals surface area contributed by atoms with E-state index in [0.717, 1.165) is 4.47 Å². The Balaban J connectivity index is 3.09. The molecule has 5 heteroatoms. The van der Waals surface area contributed by atoms with E-state index in [-0.39, 0.29) is 0 Å². The summed E-state index contributed by atoms with van der Waals surface area (Å²) in [5, 5.41) is 0.315. The first-order chi connectivity index (χ1) is 4.74. The van der Waals surface area contributed by atoms with Crippen molar-refractivity contribution in [2.45, 2.75) is 4.90 Å². The van der Waals surface area contributed by atoms with Gasteiger partial charge in [0.1, 0.15) is 5.15 Å². The van der Waals surface area contributed by atoms with Crippen LogP contribution in [0.1, 0.15) is 0 Å². The van der Waals surface area contributed by atoms with E-state index in [1.165, 1.54) is 0 Å². The summed E-state index contributed by atoms with van der Waals surface area (Å²) in [5.41, 5.74) is 0. The Hall–Kier alpha value is 0.230. The van der Waals surface area contributed by atoms with Crippen molar-refractivity contribution in [2.24, 2.45) is 0 Å². The summed E-state index contributed by atoms with van der Waals surface area (Å²) < 4.78 is 9.41. The topological polar surface area (TPSA) is 33.1 Å². The monoisotopic (exact) mass is 239 g/mol. The van der Waals surface area contributed by atoms with Crippen LogP contribution in [0, 0.1) is 0 Å². The molecular weight excluding hydrogens is 237 g/mol. The second-order valence-corrected chi connectivity index (χ2v) is 3.43. The summed E-state index contributed by atoms with van der Waals surface area (Å²) in [6.45, 7) is 0. The fraction of sp³-hybridized carbons (Fsp3) is 0. The lowest BCUT2D eigenvalue weighted by Gasteiger charge is -1.96. The van der Waals surface area contributed by atoms with Crippen molar-refractivity contribution in [3.05, 3.63) is 21.9 Å². The minimum absolute atomic E-state index is 0.315. The fourth-order valence-electron chi connectivity index (χ4n) is 0.468. The summed E-state index contributed by atoms with van der Waals surface area (Å²) in [5.74, 6) is 0. The smallest absolute Gasteiger partial charge is 0.144 e. The molecule has 54 valence electrons.